The molecule has 0 atom stereocenters. The predicted molar refractivity (Wildman–Crippen MR) is 69.2 cm³/mol. The topological polar surface area (TPSA) is 12.9 Å². The Morgan fingerprint density at radius 2 is 2.13 bits per heavy atom. The molecule has 2 rings (SSSR count). The van der Waals surface area contributed by atoms with Gasteiger partial charge in [0.25, 0.3) is 0 Å². The standard InChI is InChI=1S/C13H13NS/c15-8-2-1-3-11-4-5-13-10-14-7-6-12(13)9-11/h1,3-7,9-10,15H,2,8H2. The lowest BCUT2D eigenvalue weighted by molar-refractivity contribution is 1.26. The molecule has 0 N–H and O–H groups in total. The van der Waals surface area contributed by atoms with Crippen molar-refractivity contribution < 1.29 is 0 Å². The lowest BCUT2D eigenvalue weighted by atomic mass is 10.1. The van der Waals surface area contributed by atoms with Crippen LogP contribution in [0.2, 0.25) is 0 Å². The molecular weight excluding hydrogens is 202 g/mol. The molecule has 0 aliphatic carbocycles. The van der Waals surface area contributed by atoms with Crippen LogP contribution in [0.1, 0.15) is 12.0 Å². The third-order valence-corrected chi connectivity index (χ3v) is 2.53. The molecule has 1 aromatic heterocycles. The normalized spacial score (nSPS) is 11.3. The molecular formula is C13H13NS. The van der Waals surface area contributed by atoms with Crippen LogP contribution >= 0.6 is 12.6 Å². The van der Waals surface area contributed by atoms with Crippen molar-refractivity contribution in [1.82, 2.24) is 4.98 Å². The number of hydrogen-bond donors (Lipinski definition) is 1. The molecule has 1 aromatic carbocycles. The molecule has 0 saturated carbocycles. The number of hydrogen-bond acceptors (Lipinski definition) is 2. The van der Waals surface area contributed by atoms with Crippen molar-refractivity contribution in [3.8, 4) is 0 Å². The fourth-order valence-corrected chi connectivity index (χ4v) is 1.65. The molecule has 1 nitrogen and oxygen atoms in total. The van der Waals surface area contributed by atoms with Crippen LogP contribution < -0.4 is 0 Å². The second kappa shape index (κ2) is 4.99. The van der Waals surface area contributed by atoms with E-state index in [0.717, 1.165) is 12.2 Å². The van der Waals surface area contributed by atoms with Gasteiger partial charge in [-0.2, -0.15) is 12.6 Å². The number of thiol groups is 1. The van der Waals surface area contributed by atoms with E-state index in [1.807, 2.05) is 18.5 Å². The Hall–Kier alpha value is -1.28. The van der Waals surface area contributed by atoms with Crippen LogP contribution in [0, 0.1) is 0 Å². The van der Waals surface area contributed by atoms with Gasteiger partial charge in [0.1, 0.15) is 0 Å². The van der Waals surface area contributed by atoms with E-state index < -0.39 is 0 Å². The van der Waals surface area contributed by atoms with E-state index in [0.29, 0.717) is 0 Å². The molecule has 0 aliphatic rings. The van der Waals surface area contributed by atoms with Crippen LogP contribution in [-0.4, -0.2) is 10.7 Å². The number of benzene rings is 1. The van der Waals surface area contributed by atoms with Crippen molar-refractivity contribution in [2.45, 2.75) is 6.42 Å². The number of rotatable bonds is 3. The Labute approximate surface area is 95.3 Å². The van der Waals surface area contributed by atoms with Crippen LogP contribution in [0.25, 0.3) is 16.8 Å². The van der Waals surface area contributed by atoms with Gasteiger partial charge in [0.05, 0.1) is 0 Å². The molecule has 0 aliphatic heterocycles. The van der Waals surface area contributed by atoms with Crippen LogP contribution in [-0.2, 0) is 0 Å². The zero-order valence-electron chi connectivity index (χ0n) is 8.43. The maximum absolute atomic E-state index is 4.17. The van der Waals surface area contributed by atoms with Crippen molar-refractivity contribution in [2.75, 3.05) is 5.75 Å². The molecule has 0 unspecified atom stereocenters. The molecule has 0 radical (unpaired) electrons. The molecule has 2 aromatic rings. The average molecular weight is 215 g/mol. The van der Waals surface area contributed by atoms with E-state index in [9.17, 15) is 0 Å². The van der Waals surface area contributed by atoms with Gasteiger partial charge in [0, 0.05) is 17.8 Å². The monoisotopic (exact) mass is 215 g/mol. The molecule has 2 heteroatoms. The fraction of sp³-hybridized carbons (Fsp3) is 0.154. The van der Waals surface area contributed by atoms with Gasteiger partial charge in [-0.1, -0.05) is 24.3 Å². The number of nitrogens with zero attached hydrogens (tertiary/aromatic N) is 1. The highest BCUT2D eigenvalue weighted by Gasteiger charge is 1.92. The van der Waals surface area contributed by atoms with Gasteiger partial charge >= 0.3 is 0 Å². The van der Waals surface area contributed by atoms with Gasteiger partial charge < -0.3 is 0 Å². The number of allylic oxidation sites excluding steroid dienone is 1. The quantitative estimate of drug-likeness (QED) is 0.772. The molecule has 1 heterocycles. The summed E-state index contributed by atoms with van der Waals surface area (Å²) in [7, 11) is 0. The Balaban J connectivity index is 2.30. The minimum atomic E-state index is 0.897. The summed E-state index contributed by atoms with van der Waals surface area (Å²) >= 11 is 4.17. The summed E-state index contributed by atoms with van der Waals surface area (Å²) in [5.74, 6) is 0.897. The lowest BCUT2D eigenvalue weighted by Crippen LogP contribution is -1.77. The second-order valence-corrected chi connectivity index (χ2v) is 3.84. The highest BCUT2D eigenvalue weighted by molar-refractivity contribution is 7.80. The number of pyridine rings is 1. The van der Waals surface area contributed by atoms with E-state index >= 15 is 0 Å². The first kappa shape index (κ1) is 10.2. The largest absolute Gasteiger partial charge is 0.264 e. The van der Waals surface area contributed by atoms with Crippen molar-refractivity contribution in [1.29, 1.82) is 0 Å². The SMILES string of the molecule is SCCC=Cc1ccc2cnccc2c1. The molecule has 0 saturated heterocycles. The van der Waals surface area contributed by atoms with E-state index in [1.54, 1.807) is 0 Å². The van der Waals surface area contributed by atoms with Crippen molar-refractivity contribution >= 4 is 29.5 Å². The summed E-state index contributed by atoms with van der Waals surface area (Å²) in [4.78, 5) is 4.09. The molecule has 0 fully saturated rings. The van der Waals surface area contributed by atoms with Crippen molar-refractivity contribution in [3.63, 3.8) is 0 Å². The summed E-state index contributed by atoms with van der Waals surface area (Å²) in [5.41, 5.74) is 1.23. The first-order chi connectivity index (χ1) is 7.40. The highest BCUT2D eigenvalue weighted by atomic mass is 32.1. The fourth-order valence-electron chi connectivity index (χ4n) is 1.50. The van der Waals surface area contributed by atoms with Crippen molar-refractivity contribution in [3.05, 3.63) is 48.3 Å². The first-order valence-electron chi connectivity index (χ1n) is 5.01. The zero-order valence-corrected chi connectivity index (χ0v) is 9.32. The van der Waals surface area contributed by atoms with Gasteiger partial charge in [-0.25, -0.2) is 0 Å². The van der Waals surface area contributed by atoms with E-state index in [-0.39, 0.29) is 0 Å². The van der Waals surface area contributed by atoms with Gasteiger partial charge in [-0.15, -0.1) is 0 Å². The average Bonchev–Trinajstić information content (AvgIpc) is 2.29. The minimum Gasteiger partial charge on any atom is -0.264 e. The van der Waals surface area contributed by atoms with Gasteiger partial charge in [-0.3, -0.25) is 4.98 Å². The van der Waals surface area contributed by atoms with Gasteiger partial charge in [0.15, 0.2) is 0 Å². The number of aromatic nitrogens is 1. The van der Waals surface area contributed by atoms with Crippen LogP contribution in [0.4, 0.5) is 0 Å². The highest BCUT2D eigenvalue weighted by Crippen LogP contribution is 2.15. The number of fused-ring (bicyclic) bond motifs is 1. The molecule has 0 bridgehead atoms. The summed E-state index contributed by atoms with van der Waals surface area (Å²) in [6.45, 7) is 0. The molecule has 76 valence electrons. The summed E-state index contributed by atoms with van der Waals surface area (Å²) < 4.78 is 0. The second-order valence-electron chi connectivity index (χ2n) is 3.40. The molecule has 0 spiro atoms. The molecule has 0 amide bonds. The van der Waals surface area contributed by atoms with Gasteiger partial charge in [-0.05, 0) is 35.3 Å². The minimum absolute atomic E-state index is 0.897. The van der Waals surface area contributed by atoms with Gasteiger partial charge in [0.2, 0.25) is 0 Å². The Morgan fingerprint density at radius 3 is 3.00 bits per heavy atom. The van der Waals surface area contributed by atoms with E-state index in [2.05, 4.69) is 48.0 Å². The summed E-state index contributed by atoms with van der Waals surface area (Å²) in [6.07, 6.45) is 9.00. The summed E-state index contributed by atoms with van der Waals surface area (Å²) in [5, 5.41) is 2.42. The Kier molecular flexibility index (Phi) is 3.41. The Bertz CT molecular complexity index is 477. The lowest BCUT2D eigenvalue weighted by Gasteiger charge is -1.98. The van der Waals surface area contributed by atoms with E-state index in [1.165, 1.54) is 16.3 Å². The van der Waals surface area contributed by atoms with Crippen LogP contribution in [0.15, 0.2) is 42.7 Å². The summed E-state index contributed by atoms with van der Waals surface area (Å²) in [6, 6.07) is 8.42. The van der Waals surface area contributed by atoms with E-state index in [4.69, 9.17) is 0 Å². The zero-order chi connectivity index (χ0) is 10.5. The Morgan fingerprint density at radius 1 is 1.20 bits per heavy atom. The van der Waals surface area contributed by atoms with Crippen LogP contribution in [0.5, 0.6) is 0 Å². The van der Waals surface area contributed by atoms with Crippen molar-refractivity contribution in [2.24, 2.45) is 0 Å². The maximum Gasteiger partial charge on any atom is 0.0346 e. The first-order valence-corrected chi connectivity index (χ1v) is 5.64. The maximum atomic E-state index is 4.17. The molecule has 15 heavy (non-hydrogen) atoms. The smallest absolute Gasteiger partial charge is 0.0346 e. The predicted octanol–water partition coefficient (Wildman–Crippen LogP) is 3.57. The third-order valence-electron chi connectivity index (χ3n) is 2.27. The third kappa shape index (κ3) is 2.60. The van der Waals surface area contributed by atoms with Crippen LogP contribution in [0.3, 0.4) is 0 Å².